The fourth-order valence-corrected chi connectivity index (χ4v) is 2.86. The Hall–Kier alpha value is -1.99. The summed E-state index contributed by atoms with van der Waals surface area (Å²) >= 11 is 0. The van der Waals surface area contributed by atoms with Gasteiger partial charge in [0.25, 0.3) is 0 Å². The molecule has 4 nitrogen and oxygen atoms in total. The molecule has 0 aromatic heterocycles. The van der Waals surface area contributed by atoms with E-state index in [4.69, 9.17) is 9.47 Å². The molecule has 4 rings (SSSR count). The van der Waals surface area contributed by atoms with Gasteiger partial charge in [-0.25, -0.2) is 0 Å². The van der Waals surface area contributed by atoms with Gasteiger partial charge in [-0.05, 0) is 12.1 Å². The van der Waals surface area contributed by atoms with Crippen LogP contribution in [0.4, 0.5) is 18.9 Å². The van der Waals surface area contributed by atoms with E-state index in [1.807, 2.05) is 12.1 Å². The molecule has 7 heteroatoms. The highest BCUT2D eigenvalue weighted by Crippen LogP contribution is 2.36. The van der Waals surface area contributed by atoms with Crippen molar-refractivity contribution >= 4 is 16.5 Å². The Bertz CT molecular complexity index is 727. The van der Waals surface area contributed by atoms with Gasteiger partial charge in [-0.1, -0.05) is 24.3 Å². The molecule has 0 bridgehead atoms. The second kappa shape index (κ2) is 5.82. The molecule has 0 N–H and O–H groups in total. The number of hydrogen-bond acceptors (Lipinski definition) is 4. The van der Waals surface area contributed by atoms with E-state index >= 15 is 0 Å². The number of benzene rings is 2. The maximum atomic E-state index is 12.6. The Morgan fingerprint density at radius 3 is 2.12 bits per heavy atom. The van der Waals surface area contributed by atoms with Crippen LogP contribution in [0.15, 0.2) is 36.4 Å². The van der Waals surface area contributed by atoms with E-state index in [1.54, 1.807) is 18.2 Å². The van der Waals surface area contributed by atoms with Crippen molar-refractivity contribution in [2.45, 2.75) is 18.6 Å². The minimum atomic E-state index is -4.71. The quantitative estimate of drug-likeness (QED) is 0.757. The molecule has 0 radical (unpaired) electrons. The van der Waals surface area contributed by atoms with Crippen LogP contribution in [0, 0.1) is 0 Å². The molecule has 24 heavy (non-hydrogen) atoms. The number of anilines is 1. The molecule has 2 saturated heterocycles. The van der Waals surface area contributed by atoms with E-state index in [0.29, 0.717) is 18.5 Å². The van der Waals surface area contributed by atoms with Gasteiger partial charge in [0.2, 0.25) is 0 Å². The van der Waals surface area contributed by atoms with Crippen molar-refractivity contribution in [3.05, 3.63) is 36.4 Å². The van der Waals surface area contributed by atoms with Crippen LogP contribution in [0.5, 0.6) is 5.75 Å². The molecule has 2 unspecified atom stereocenters. The van der Waals surface area contributed by atoms with E-state index in [1.165, 1.54) is 6.07 Å². The van der Waals surface area contributed by atoms with E-state index in [0.717, 1.165) is 24.3 Å². The molecule has 128 valence electrons. The lowest BCUT2D eigenvalue weighted by atomic mass is 10.1. The second-order valence-electron chi connectivity index (χ2n) is 5.99. The van der Waals surface area contributed by atoms with E-state index in [9.17, 15) is 13.2 Å². The zero-order valence-corrected chi connectivity index (χ0v) is 12.8. The van der Waals surface area contributed by atoms with Crippen molar-refractivity contribution < 1.29 is 27.4 Å². The van der Waals surface area contributed by atoms with Gasteiger partial charge in [0.15, 0.2) is 0 Å². The molecular formula is C17H16F3NO3. The minimum Gasteiger partial charge on any atom is -0.405 e. The summed E-state index contributed by atoms with van der Waals surface area (Å²) in [7, 11) is 0. The van der Waals surface area contributed by atoms with Crippen molar-refractivity contribution in [3.8, 4) is 5.75 Å². The predicted octanol–water partition coefficient (Wildman–Crippen LogP) is 3.34. The van der Waals surface area contributed by atoms with Gasteiger partial charge in [-0.15, -0.1) is 13.2 Å². The predicted molar refractivity (Wildman–Crippen MR) is 82.3 cm³/mol. The average molecular weight is 339 g/mol. The van der Waals surface area contributed by atoms with Crippen LogP contribution in [0.1, 0.15) is 0 Å². The monoisotopic (exact) mass is 339 g/mol. The van der Waals surface area contributed by atoms with Crippen LogP contribution in [-0.2, 0) is 9.47 Å². The Labute approximate surface area is 136 Å². The summed E-state index contributed by atoms with van der Waals surface area (Å²) in [6.07, 6.45) is -4.37. The van der Waals surface area contributed by atoms with Gasteiger partial charge in [0.05, 0.1) is 25.4 Å². The van der Waals surface area contributed by atoms with Crippen LogP contribution < -0.4 is 9.64 Å². The maximum Gasteiger partial charge on any atom is 0.573 e. The van der Waals surface area contributed by atoms with E-state index in [2.05, 4.69) is 9.64 Å². The third-order valence-electron chi connectivity index (χ3n) is 4.08. The summed E-state index contributed by atoms with van der Waals surface area (Å²) in [6.45, 7) is 2.83. The van der Waals surface area contributed by atoms with Crippen molar-refractivity contribution in [3.63, 3.8) is 0 Å². The first kappa shape index (κ1) is 15.5. The topological polar surface area (TPSA) is 37.5 Å². The molecule has 2 atom stereocenters. The van der Waals surface area contributed by atoms with Gasteiger partial charge in [0, 0.05) is 29.5 Å². The summed E-state index contributed by atoms with van der Waals surface area (Å²) in [4.78, 5) is 2.12. The van der Waals surface area contributed by atoms with Crippen molar-refractivity contribution in [1.29, 1.82) is 0 Å². The van der Waals surface area contributed by atoms with Crippen molar-refractivity contribution in [2.75, 3.05) is 31.2 Å². The second-order valence-corrected chi connectivity index (χ2v) is 5.99. The molecule has 0 amide bonds. The minimum absolute atomic E-state index is 0.175. The fourth-order valence-electron chi connectivity index (χ4n) is 2.86. The molecule has 2 aliphatic heterocycles. The zero-order chi connectivity index (χ0) is 16.7. The number of ether oxygens (including phenoxy) is 3. The van der Waals surface area contributed by atoms with Crippen LogP contribution in [0.25, 0.3) is 10.8 Å². The number of alkyl halides is 3. The first-order chi connectivity index (χ1) is 11.5. The van der Waals surface area contributed by atoms with Gasteiger partial charge in [-0.2, -0.15) is 0 Å². The summed E-state index contributed by atoms with van der Waals surface area (Å²) in [6, 6.07) is 10.0. The van der Waals surface area contributed by atoms with Crippen LogP contribution in [0.2, 0.25) is 0 Å². The fraction of sp³-hybridized carbons (Fsp3) is 0.412. The van der Waals surface area contributed by atoms with Gasteiger partial charge in [-0.3, -0.25) is 0 Å². The molecule has 2 heterocycles. The Kier molecular flexibility index (Phi) is 3.77. The molecule has 2 aromatic carbocycles. The summed E-state index contributed by atoms with van der Waals surface area (Å²) in [5.74, 6) is -0.188. The number of nitrogens with zero attached hydrogens (tertiary/aromatic N) is 1. The Morgan fingerprint density at radius 2 is 1.54 bits per heavy atom. The van der Waals surface area contributed by atoms with E-state index in [-0.39, 0.29) is 18.0 Å². The first-order valence-electron chi connectivity index (χ1n) is 7.75. The molecule has 0 aliphatic carbocycles. The van der Waals surface area contributed by atoms with Gasteiger partial charge < -0.3 is 19.1 Å². The third-order valence-corrected chi connectivity index (χ3v) is 4.08. The number of rotatable bonds is 6. The lowest BCUT2D eigenvalue weighted by molar-refractivity contribution is -0.274. The zero-order valence-electron chi connectivity index (χ0n) is 12.8. The number of hydrogen-bond donors (Lipinski definition) is 0. The Balaban J connectivity index is 1.72. The summed E-state index contributed by atoms with van der Waals surface area (Å²) in [5, 5.41) is 1.16. The number of fused-ring (bicyclic) bond motifs is 1. The lowest BCUT2D eigenvalue weighted by Gasteiger charge is -2.25. The normalized spacial score (nSPS) is 22.5. The molecule has 0 spiro atoms. The molecule has 2 aliphatic rings. The van der Waals surface area contributed by atoms with Gasteiger partial charge >= 0.3 is 6.36 Å². The highest BCUT2D eigenvalue weighted by atomic mass is 19.4. The molecule has 0 saturated carbocycles. The third kappa shape index (κ3) is 3.57. The summed E-state index contributed by atoms with van der Waals surface area (Å²) in [5.41, 5.74) is 0.867. The number of epoxide rings is 2. The summed E-state index contributed by atoms with van der Waals surface area (Å²) < 4.78 is 52.7. The molecular weight excluding hydrogens is 323 g/mol. The maximum absolute atomic E-state index is 12.6. The van der Waals surface area contributed by atoms with Crippen molar-refractivity contribution in [1.82, 2.24) is 0 Å². The smallest absolute Gasteiger partial charge is 0.405 e. The Morgan fingerprint density at radius 1 is 0.958 bits per heavy atom. The molecule has 2 aromatic rings. The highest BCUT2D eigenvalue weighted by Gasteiger charge is 2.33. The van der Waals surface area contributed by atoms with Crippen LogP contribution in [0.3, 0.4) is 0 Å². The molecule has 2 fully saturated rings. The van der Waals surface area contributed by atoms with Crippen LogP contribution in [-0.4, -0.2) is 44.9 Å². The lowest BCUT2D eigenvalue weighted by Crippen LogP contribution is -2.31. The SMILES string of the molecule is FC(F)(F)Oc1cccc2c(N(CC3CO3)CC3CO3)cccc12. The largest absolute Gasteiger partial charge is 0.573 e. The number of halogens is 3. The van der Waals surface area contributed by atoms with Crippen LogP contribution >= 0.6 is 0 Å². The first-order valence-corrected chi connectivity index (χ1v) is 7.75. The van der Waals surface area contributed by atoms with Crippen molar-refractivity contribution in [2.24, 2.45) is 0 Å². The van der Waals surface area contributed by atoms with Gasteiger partial charge in [0.1, 0.15) is 5.75 Å². The highest BCUT2D eigenvalue weighted by molar-refractivity contribution is 5.98. The van der Waals surface area contributed by atoms with E-state index < -0.39 is 6.36 Å². The standard InChI is InChI=1S/C17H16F3NO3/c18-17(19,20)24-16-6-2-3-13-14(16)4-1-5-15(13)21(7-11-9-22-11)8-12-10-23-12/h1-6,11-12H,7-10H2. The average Bonchev–Trinajstić information content (AvgIpc) is 3.41.